The number of esters is 1. The fourth-order valence-corrected chi connectivity index (χ4v) is 12.5. The lowest BCUT2D eigenvalue weighted by Crippen LogP contribution is -2.67. The van der Waals surface area contributed by atoms with E-state index in [1.54, 1.807) is 0 Å². The maximum Gasteiger partial charge on any atom is 0.306 e. The van der Waals surface area contributed by atoms with Gasteiger partial charge in [-0.15, -0.1) is 0 Å². The Morgan fingerprint density at radius 2 is 1.58 bits per heavy atom. The van der Waals surface area contributed by atoms with Crippen LogP contribution in [0.3, 0.4) is 0 Å². The summed E-state index contributed by atoms with van der Waals surface area (Å²) in [6.07, 6.45) is 3.40. The molecule has 5 nitrogen and oxygen atoms in total. The maximum absolute atomic E-state index is 14.1. The number of rotatable bonds is 8. The van der Waals surface area contributed by atoms with Crippen molar-refractivity contribution in [3.8, 4) is 0 Å². The van der Waals surface area contributed by atoms with Gasteiger partial charge >= 0.3 is 5.97 Å². The third-order valence-electron chi connectivity index (χ3n) is 9.94. The number of hydrogen-bond donors (Lipinski definition) is 0. The summed E-state index contributed by atoms with van der Waals surface area (Å²) in [4.78, 5) is 12.9. The Labute approximate surface area is 255 Å². The summed E-state index contributed by atoms with van der Waals surface area (Å²) in [6, 6.07) is 28.0. The second-order valence-corrected chi connectivity index (χ2v) is 17.8. The Morgan fingerprint density at radius 3 is 2.16 bits per heavy atom. The molecule has 0 bridgehead atoms. The van der Waals surface area contributed by atoms with E-state index < -0.39 is 13.7 Å². The molecule has 5 atom stereocenters. The molecule has 0 spiro atoms. The fraction of sp³-hybridized carbons (Fsp3) is 0.472. The molecule has 3 aromatic rings. The second kappa shape index (κ2) is 12.3. The Bertz CT molecular complexity index is 1330. The van der Waals surface area contributed by atoms with Gasteiger partial charge in [0.15, 0.2) is 6.29 Å². The normalized spacial score (nSPS) is 27.9. The van der Waals surface area contributed by atoms with Crippen molar-refractivity contribution in [2.24, 2.45) is 11.8 Å². The van der Waals surface area contributed by atoms with E-state index in [-0.39, 0.29) is 54.1 Å². The number of halogens is 1. The zero-order valence-electron chi connectivity index (χ0n) is 25.5. The topological polar surface area (TPSA) is 54.0 Å². The largest absolute Gasteiger partial charge is 0.465 e. The number of carbonyl (C=O) groups is 1. The van der Waals surface area contributed by atoms with Crippen molar-refractivity contribution in [2.75, 3.05) is 19.8 Å². The van der Waals surface area contributed by atoms with Crippen LogP contribution < -0.4 is 10.4 Å². The minimum absolute atomic E-state index is 0.0778. The molecule has 6 rings (SSSR count). The third-order valence-corrected chi connectivity index (χ3v) is 14.9. The molecule has 3 aliphatic rings. The summed E-state index contributed by atoms with van der Waals surface area (Å²) in [6.45, 7) is 8.21. The van der Waals surface area contributed by atoms with Gasteiger partial charge in [0.05, 0.1) is 6.10 Å². The quantitative estimate of drug-likeness (QED) is 0.229. The van der Waals surface area contributed by atoms with Crippen molar-refractivity contribution >= 4 is 24.7 Å². The standard InChI is InChI=1S/C36H43FO5Si/c1-35(2,3)43(28-12-6-4-7-13-28,29-14-8-5-9-15-29)41-24-30-31-22-33(38)40-25-36(31,26-17-19-27(37)20-18-26)23-32(30)42-34-16-10-11-21-39-34/h4-9,12-15,17-20,30-32,34H,10-11,16,21-25H2,1-3H3/t30-,31-,32-,34?,36-/m1/s1. The van der Waals surface area contributed by atoms with Crippen LogP contribution in [0.15, 0.2) is 84.9 Å². The van der Waals surface area contributed by atoms with Gasteiger partial charge in [0.1, 0.15) is 12.4 Å². The molecule has 2 saturated heterocycles. The van der Waals surface area contributed by atoms with Crippen LogP contribution in [0.1, 0.15) is 58.4 Å². The molecular formula is C36H43FO5Si. The zero-order valence-corrected chi connectivity index (χ0v) is 26.5. The highest BCUT2D eigenvalue weighted by Gasteiger charge is 2.60. The van der Waals surface area contributed by atoms with Crippen LogP contribution in [0.2, 0.25) is 5.04 Å². The van der Waals surface area contributed by atoms with Crippen LogP contribution in [0.5, 0.6) is 0 Å². The fourth-order valence-electron chi connectivity index (χ4n) is 7.86. The van der Waals surface area contributed by atoms with E-state index in [4.69, 9.17) is 18.6 Å². The number of cyclic esters (lactones) is 1. The van der Waals surface area contributed by atoms with E-state index in [0.29, 0.717) is 19.6 Å². The predicted molar refractivity (Wildman–Crippen MR) is 167 cm³/mol. The molecule has 1 saturated carbocycles. The van der Waals surface area contributed by atoms with Gasteiger partial charge in [0.2, 0.25) is 0 Å². The van der Waals surface area contributed by atoms with Crippen molar-refractivity contribution in [3.05, 3.63) is 96.3 Å². The van der Waals surface area contributed by atoms with E-state index in [9.17, 15) is 9.18 Å². The molecule has 0 aromatic heterocycles. The molecule has 1 aliphatic carbocycles. The molecule has 7 heteroatoms. The Balaban J connectivity index is 1.42. The highest BCUT2D eigenvalue weighted by atomic mass is 28.4. The first-order chi connectivity index (χ1) is 20.7. The van der Waals surface area contributed by atoms with Gasteiger partial charge in [-0.05, 0) is 64.7 Å². The predicted octanol–water partition coefficient (Wildman–Crippen LogP) is 6.13. The van der Waals surface area contributed by atoms with Crippen molar-refractivity contribution in [1.29, 1.82) is 0 Å². The van der Waals surface area contributed by atoms with Gasteiger partial charge in [-0.3, -0.25) is 4.79 Å². The summed E-state index contributed by atoms with van der Waals surface area (Å²) in [7, 11) is -2.84. The van der Waals surface area contributed by atoms with Crippen molar-refractivity contribution in [3.63, 3.8) is 0 Å². The lowest BCUT2D eigenvalue weighted by molar-refractivity contribution is -0.197. The Kier molecular flexibility index (Phi) is 8.62. The van der Waals surface area contributed by atoms with Gasteiger partial charge in [-0.1, -0.05) is 93.6 Å². The SMILES string of the molecule is CC(C)(C)[Si](OC[C@@H]1[C@H]2CC(=O)OC[C@@]2(c2ccc(F)cc2)C[C@H]1OC1CCCCO1)(c1ccccc1)c1ccccc1. The first-order valence-electron chi connectivity index (χ1n) is 15.7. The van der Waals surface area contributed by atoms with Gasteiger partial charge in [-0.25, -0.2) is 4.39 Å². The molecule has 0 radical (unpaired) electrons. The number of ether oxygens (including phenoxy) is 3. The van der Waals surface area contributed by atoms with E-state index >= 15 is 0 Å². The van der Waals surface area contributed by atoms with E-state index in [1.807, 2.05) is 24.3 Å². The summed E-state index contributed by atoms with van der Waals surface area (Å²) in [5.41, 5.74) is 0.498. The van der Waals surface area contributed by atoms with Gasteiger partial charge in [-0.2, -0.15) is 0 Å². The highest BCUT2D eigenvalue weighted by molar-refractivity contribution is 6.99. The smallest absolute Gasteiger partial charge is 0.306 e. The van der Waals surface area contributed by atoms with E-state index in [2.05, 4.69) is 69.3 Å². The molecule has 1 unspecified atom stereocenters. The van der Waals surface area contributed by atoms with Crippen LogP contribution in [0.4, 0.5) is 4.39 Å². The van der Waals surface area contributed by atoms with Crippen molar-refractivity contribution < 1.29 is 27.8 Å². The number of benzene rings is 3. The summed E-state index contributed by atoms with van der Waals surface area (Å²) in [5, 5.41) is 2.25. The van der Waals surface area contributed by atoms with Crippen LogP contribution in [-0.2, 0) is 28.8 Å². The molecule has 43 heavy (non-hydrogen) atoms. The molecular weight excluding hydrogens is 559 g/mol. The van der Waals surface area contributed by atoms with Crippen LogP contribution in [0.25, 0.3) is 0 Å². The summed E-state index contributed by atoms with van der Waals surface area (Å²) in [5.74, 6) is -0.638. The minimum atomic E-state index is -2.84. The zero-order chi connectivity index (χ0) is 30.1. The van der Waals surface area contributed by atoms with Crippen LogP contribution in [-0.4, -0.2) is 46.5 Å². The molecule has 0 amide bonds. The Hall–Kier alpha value is -2.84. The average Bonchev–Trinajstić information content (AvgIpc) is 3.31. The van der Waals surface area contributed by atoms with Crippen LogP contribution >= 0.6 is 0 Å². The van der Waals surface area contributed by atoms with Crippen LogP contribution in [0, 0.1) is 17.7 Å². The van der Waals surface area contributed by atoms with Gasteiger partial charge < -0.3 is 18.6 Å². The molecule has 3 fully saturated rings. The lowest BCUT2D eigenvalue weighted by Gasteiger charge is -2.45. The van der Waals surface area contributed by atoms with E-state index in [0.717, 1.165) is 24.8 Å². The van der Waals surface area contributed by atoms with Gasteiger partial charge in [0, 0.05) is 31.0 Å². The lowest BCUT2D eigenvalue weighted by atomic mass is 9.68. The number of hydrogen-bond acceptors (Lipinski definition) is 5. The van der Waals surface area contributed by atoms with Gasteiger partial charge in [0.25, 0.3) is 8.32 Å². The number of fused-ring (bicyclic) bond motifs is 1. The maximum atomic E-state index is 14.1. The molecule has 2 aliphatic heterocycles. The third kappa shape index (κ3) is 5.73. The van der Waals surface area contributed by atoms with E-state index in [1.165, 1.54) is 22.5 Å². The number of carbonyl (C=O) groups excluding carboxylic acids is 1. The molecule has 0 N–H and O–H groups in total. The Morgan fingerprint density at radius 1 is 0.930 bits per heavy atom. The van der Waals surface area contributed by atoms with Crippen molar-refractivity contribution in [1.82, 2.24) is 0 Å². The first-order valence-corrected chi connectivity index (χ1v) is 17.6. The highest BCUT2D eigenvalue weighted by Crippen LogP contribution is 2.55. The summed E-state index contributed by atoms with van der Waals surface area (Å²) < 4.78 is 40.1. The average molecular weight is 603 g/mol. The molecule has 2 heterocycles. The summed E-state index contributed by atoms with van der Waals surface area (Å²) >= 11 is 0. The molecule has 3 aromatic carbocycles. The second-order valence-electron chi connectivity index (χ2n) is 13.4. The minimum Gasteiger partial charge on any atom is -0.465 e. The van der Waals surface area contributed by atoms with Crippen molar-refractivity contribution in [2.45, 2.75) is 75.7 Å². The first kappa shape index (κ1) is 30.2. The molecule has 228 valence electrons. The monoisotopic (exact) mass is 602 g/mol.